The monoisotopic (exact) mass is 271 g/mol. The van der Waals surface area contributed by atoms with Crippen molar-refractivity contribution >= 4 is 28.5 Å². The second kappa shape index (κ2) is 4.93. The molecule has 0 saturated carbocycles. The first-order valence-corrected chi connectivity index (χ1v) is 6.92. The number of thioether (sulfide) groups is 1. The van der Waals surface area contributed by atoms with E-state index in [-0.39, 0.29) is 0 Å². The number of rotatable bonds is 3. The molecule has 0 atom stereocenters. The summed E-state index contributed by atoms with van der Waals surface area (Å²) in [6.07, 6.45) is 0. The highest BCUT2D eigenvalue weighted by molar-refractivity contribution is 7.98. The smallest absolute Gasteiger partial charge is 0.159 e. The van der Waals surface area contributed by atoms with Crippen LogP contribution in [0.2, 0.25) is 0 Å². The number of nitrogens with two attached hydrogens (primary N) is 1. The molecule has 2 N–H and O–H groups in total. The fraction of sp³-hybridized carbons (Fsp3) is 0.143. The second-order valence-corrected chi connectivity index (χ2v) is 5.35. The second-order valence-electron chi connectivity index (χ2n) is 4.33. The van der Waals surface area contributed by atoms with Crippen LogP contribution in [0.15, 0.2) is 45.9 Å². The largest absolute Gasteiger partial charge is 0.397 e. The molecule has 5 heteroatoms. The van der Waals surface area contributed by atoms with Crippen LogP contribution >= 0.6 is 11.8 Å². The molecule has 0 spiro atoms. The standard InChI is InChI=1S/C14H13N3OS/c1-9-4-2-3-5-10(9)8-19-12-7-6-11(15)13-14(12)17-18-16-13/h2-7H,8,15H2,1H3. The van der Waals surface area contributed by atoms with Crippen LogP contribution in [-0.4, -0.2) is 10.3 Å². The maximum Gasteiger partial charge on any atom is 0.159 e. The van der Waals surface area contributed by atoms with Gasteiger partial charge in [0.25, 0.3) is 0 Å². The van der Waals surface area contributed by atoms with Crippen molar-refractivity contribution in [3.63, 3.8) is 0 Å². The van der Waals surface area contributed by atoms with Crippen LogP contribution in [-0.2, 0) is 5.75 Å². The maximum absolute atomic E-state index is 5.83. The number of benzene rings is 2. The van der Waals surface area contributed by atoms with Gasteiger partial charge in [-0.25, -0.2) is 4.63 Å². The normalized spacial score (nSPS) is 11.0. The average molecular weight is 271 g/mol. The van der Waals surface area contributed by atoms with Crippen molar-refractivity contribution in [3.8, 4) is 0 Å². The van der Waals surface area contributed by atoms with Gasteiger partial charge < -0.3 is 5.73 Å². The Morgan fingerprint density at radius 3 is 2.74 bits per heavy atom. The van der Waals surface area contributed by atoms with Gasteiger partial charge in [-0.2, -0.15) is 0 Å². The molecule has 0 fully saturated rings. The third-order valence-electron chi connectivity index (χ3n) is 3.05. The number of anilines is 1. The maximum atomic E-state index is 5.83. The Morgan fingerprint density at radius 1 is 1.11 bits per heavy atom. The van der Waals surface area contributed by atoms with Gasteiger partial charge in [0.2, 0.25) is 0 Å². The van der Waals surface area contributed by atoms with E-state index >= 15 is 0 Å². The van der Waals surface area contributed by atoms with Gasteiger partial charge in [-0.1, -0.05) is 24.3 Å². The van der Waals surface area contributed by atoms with Gasteiger partial charge in [-0.05, 0) is 40.5 Å². The zero-order valence-corrected chi connectivity index (χ0v) is 11.3. The van der Waals surface area contributed by atoms with Crippen molar-refractivity contribution in [2.24, 2.45) is 0 Å². The van der Waals surface area contributed by atoms with Gasteiger partial charge >= 0.3 is 0 Å². The molecular weight excluding hydrogens is 258 g/mol. The van der Waals surface area contributed by atoms with Crippen molar-refractivity contribution in [1.29, 1.82) is 0 Å². The predicted molar refractivity (Wildman–Crippen MR) is 77.0 cm³/mol. The van der Waals surface area contributed by atoms with Gasteiger partial charge in [0.1, 0.15) is 0 Å². The number of aromatic nitrogens is 2. The number of hydrogen-bond acceptors (Lipinski definition) is 5. The van der Waals surface area contributed by atoms with Crippen LogP contribution in [0.5, 0.6) is 0 Å². The van der Waals surface area contributed by atoms with E-state index in [2.05, 4.69) is 35.4 Å². The molecule has 1 heterocycles. The molecule has 19 heavy (non-hydrogen) atoms. The lowest BCUT2D eigenvalue weighted by molar-refractivity contribution is 0.315. The molecular formula is C14H13N3OS. The fourth-order valence-electron chi connectivity index (χ4n) is 1.91. The van der Waals surface area contributed by atoms with Crippen LogP contribution in [0.25, 0.3) is 11.0 Å². The quantitative estimate of drug-likeness (QED) is 0.584. The summed E-state index contributed by atoms with van der Waals surface area (Å²) in [5.74, 6) is 0.887. The van der Waals surface area contributed by atoms with Crippen molar-refractivity contribution < 1.29 is 4.63 Å². The van der Waals surface area contributed by atoms with Gasteiger partial charge in [-0.3, -0.25) is 0 Å². The summed E-state index contributed by atoms with van der Waals surface area (Å²) in [6, 6.07) is 12.2. The molecule has 0 amide bonds. The molecule has 4 nitrogen and oxygen atoms in total. The van der Waals surface area contributed by atoms with Crippen LogP contribution in [0, 0.1) is 6.92 Å². The first-order chi connectivity index (χ1) is 9.25. The number of nitrogen functional groups attached to an aromatic ring is 1. The predicted octanol–water partition coefficient (Wildman–Crippen LogP) is 3.41. The first-order valence-electron chi connectivity index (χ1n) is 5.94. The molecule has 3 aromatic rings. The van der Waals surface area contributed by atoms with E-state index < -0.39 is 0 Å². The van der Waals surface area contributed by atoms with Crippen LogP contribution in [0.3, 0.4) is 0 Å². The van der Waals surface area contributed by atoms with Crippen molar-refractivity contribution in [1.82, 2.24) is 10.3 Å². The highest BCUT2D eigenvalue weighted by atomic mass is 32.2. The minimum atomic E-state index is 0.594. The summed E-state index contributed by atoms with van der Waals surface area (Å²) in [5, 5.41) is 7.75. The van der Waals surface area contributed by atoms with Gasteiger partial charge in [0, 0.05) is 10.6 Å². The van der Waals surface area contributed by atoms with Crippen molar-refractivity contribution in [3.05, 3.63) is 47.5 Å². The zero-order chi connectivity index (χ0) is 13.2. The van der Waals surface area contributed by atoms with E-state index in [1.165, 1.54) is 11.1 Å². The summed E-state index contributed by atoms with van der Waals surface area (Å²) in [7, 11) is 0. The minimum Gasteiger partial charge on any atom is -0.397 e. The lowest BCUT2D eigenvalue weighted by atomic mass is 10.1. The third kappa shape index (κ3) is 2.29. The lowest BCUT2D eigenvalue weighted by Gasteiger charge is -2.05. The number of nitrogens with zero attached hydrogens (tertiary/aromatic N) is 2. The van der Waals surface area contributed by atoms with E-state index in [0.717, 1.165) is 16.2 Å². The molecule has 0 aliphatic carbocycles. The van der Waals surface area contributed by atoms with Crippen LogP contribution in [0.4, 0.5) is 5.69 Å². The highest BCUT2D eigenvalue weighted by Gasteiger charge is 2.10. The van der Waals surface area contributed by atoms with Gasteiger partial charge in [0.05, 0.1) is 5.69 Å². The lowest BCUT2D eigenvalue weighted by Crippen LogP contribution is -1.89. The summed E-state index contributed by atoms with van der Waals surface area (Å²) < 4.78 is 4.77. The molecule has 0 unspecified atom stereocenters. The van der Waals surface area contributed by atoms with E-state index in [0.29, 0.717) is 11.2 Å². The molecule has 0 aliphatic rings. The number of fused-ring (bicyclic) bond motifs is 1. The molecule has 0 radical (unpaired) electrons. The Labute approximate surface area is 114 Å². The highest BCUT2D eigenvalue weighted by Crippen LogP contribution is 2.31. The van der Waals surface area contributed by atoms with Crippen molar-refractivity contribution in [2.75, 3.05) is 5.73 Å². The Morgan fingerprint density at radius 2 is 1.89 bits per heavy atom. The number of aryl methyl sites for hydroxylation is 1. The summed E-state index contributed by atoms with van der Waals surface area (Å²) >= 11 is 1.71. The topological polar surface area (TPSA) is 64.9 Å². The molecule has 0 bridgehead atoms. The average Bonchev–Trinajstić information content (AvgIpc) is 2.90. The van der Waals surface area contributed by atoms with E-state index in [9.17, 15) is 0 Å². The van der Waals surface area contributed by atoms with E-state index in [1.54, 1.807) is 11.8 Å². The molecule has 1 aromatic heterocycles. The molecule has 0 aliphatic heterocycles. The first kappa shape index (κ1) is 12.0. The molecule has 3 rings (SSSR count). The van der Waals surface area contributed by atoms with Gasteiger partial charge in [0.15, 0.2) is 11.0 Å². The summed E-state index contributed by atoms with van der Waals surface area (Å²) in [4.78, 5) is 1.04. The number of hydrogen-bond donors (Lipinski definition) is 1. The van der Waals surface area contributed by atoms with Crippen LogP contribution in [0.1, 0.15) is 11.1 Å². The Kier molecular flexibility index (Phi) is 3.13. The minimum absolute atomic E-state index is 0.594. The third-order valence-corrected chi connectivity index (χ3v) is 4.15. The van der Waals surface area contributed by atoms with Crippen molar-refractivity contribution in [2.45, 2.75) is 17.6 Å². The molecule has 0 saturated heterocycles. The zero-order valence-electron chi connectivity index (χ0n) is 10.5. The van der Waals surface area contributed by atoms with Crippen LogP contribution < -0.4 is 5.73 Å². The molecule has 2 aromatic carbocycles. The Hall–Kier alpha value is -2.01. The van der Waals surface area contributed by atoms with E-state index in [1.807, 2.05) is 18.2 Å². The SMILES string of the molecule is Cc1ccccc1CSc1ccc(N)c2nonc12. The van der Waals surface area contributed by atoms with E-state index in [4.69, 9.17) is 10.4 Å². The summed E-state index contributed by atoms with van der Waals surface area (Å²) in [5.41, 5.74) is 10.4. The van der Waals surface area contributed by atoms with Gasteiger partial charge in [-0.15, -0.1) is 11.8 Å². The fourth-order valence-corrected chi connectivity index (χ4v) is 2.98. The Bertz CT molecular complexity index is 724. The summed E-state index contributed by atoms with van der Waals surface area (Å²) in [6.45, 7) is 2.12. The molecule has 96 valence electrons. The Balaban J connectivity index is 1.88.